The molecule has 1 aromatic heterocycles. The van der Waals surface area contributed by atoms with Crippen LogP contribution in [0.3, 0.4) is 0 Å². The molecular formula is C17H14Cl2N2. The Hall–Kier alpha value is -1.77. The highest BCUT2D eigenvalue weighted by Gasteiger charge is 2.03. The number of nitrogens with one attached hydrogen (secondary N) is 1. The molecule has 0 amide bonds. The molecule has 0 saturated heterocycles. The standard InChI is InChI=1S/C17H14Cl2N2/c18-15-6-3-4-13(17(15)19)10-20-9-8-12-11-21-16-7-2-1-5-14(12)16/h1-7,10-11,21H,8-9H2. The molecule has 1 heterocycles. The van der Waals surface area contributed by atoms with Crippen LogP contribution in [0.4, 0.5) is 0 Å². The number of rotatable bonds is 4. The van der Waals surface area contributed by atoms with Gasteiger partial charge < -0.3 is 4.98 Å². The minimum atomic E-state index is 0.551. The number of hydrogen-bond acceptors (Lipinski definition) is 1. The first-order valence-electron chi connectivity index (χ1n) is 6.74. The molecule has 0 saturated carbocycles. The number of aromatic amines is 1. The van der Waals surface area contributed by atoms with Gasteiger partial charge in [-0.1, -0.05) is 53.5 Å². The summed E-state index contributed by atoms with van der Waals surface area (Å²) in [6.07, 6.45) is 4.72. The molecular weight excluding hydrogens is 303 g/mol. The van der Waals surface area contributed by atoms with Crippen LogP contribution < -0.4 is 0 Å². The summed E-state index contributed by atoms with van der Waals surface area (Å²) in [6, 6.07) is 13.8. The van der Waals surface area contributed by atoms with Gasteiger partial charge in [-0.05, 0) is 24.1 Å². The number of nitrogens with zero attached hydrogens (tertiary/aromatic N) is 1. The fourth-order valence-electron chi connectivity index (χ4n) is 2.31. The van der Waals surface area contributed by atoms with Gasteiger partial charge in [-0.25, -0.2) is 0 Å². The Labute approximate surface area is 133 Å². The largest absolute Gasteiger partial charge is 0.361 e. The van der Waals surface area contributed by atoms with Crippen LogP contribution in [0.15, 0.2) is 53.7 Å². The predicted molar refractivity (Wildman–Crippen MR) is 90.9 cm³/mol. The van der Waals surface area contributed by atoms with E-state index in [1.807, 2.05) is 24.4 Å². The average Bonchev–Trinajstić information content (AvgIpc) is 2.91. The van der Waals surface area contributed by atoms with E-state index in [2.05, 4.69) is 28.2 Å². The minimum absolute atomic E-state index is 0.551. The molecule has 0 atom stereocenters. The first-order chi connectivity index (χ1) is 10.3. The van der Waals surface area contributed by atoms with E-state index in [1.54, 1.807) is 12.3 Å². The molecule has 0 radical (unpaired) electrons. The number of benzene rings is 2. The molecule has 1 N–H and O–H groups in total. The van der Waals surface area contributed by atoms with Crippen LogP contribution in [0, 0.1) is 0 Å². The van der Waals surface area contributed by atoms with Gasteiger partial charge in [0.1, 0.15) is 0 Å². The van der Waals surface area contributed by atoms with Crippen LogP contribution in [0.1, 0.15) is 11.1 Å². The molecule has 0 bridgehead atoms. The lowest BCUT2D eigenvalue weighted by Gasteiger charge is -2.00. The van der Waals surface area contributed by atoms with Crippen LogP contribution in [0.5, 0.6) is 0 Å². The zero-order valence-electron chi connectivity index (χ0n) is 11.3. The molecule has 4 heteroatoms. The van der Waals surface area contributed by atoms with Crippen molar-refractivity contribution in [2.24, 2.45) is 4.99 Å². The van der Waals surface area contributed by atoms with E-state index in [1.165, 1.54) is 10.9 Å². The molecule has 0 aliphatic rings. The van der Waals surface area contributed by atoms with Gasteiger partial charge in [0, 0.05) is 35.4 Å². The molecule has 3 rings (SSSR count). The third-order valence-corrected chi connectivity index (χ3v) is 4.23. The summed E-state index contributed by atoms with van der Waals surface area (Å²) in [5.41, 5.74) is 3.29. The number of H-pyrrole nitrogens is 1. The van der Waals surface area contributed by atoms with E-state index in [0.717, 1.165) is 17.5 Å². The summed E-state index contributed by atoms with van der Waals surface area (Å²) in [5, 5.41) is 2.36. The molecule has 0 aliphatic heterocycles. The minimum Gasteiger partial charge on any atom is -0.361 e. The number of fused-ring (bicyclic) bond motifs is 1. The maximum absolute atomic E-state index is 6.12. The summed E-state index contributed by atoms with van der Waals surface area (Å²) in [4.78, 5) is 7.72. The van der Waals surface area contributed by atoms with Gasteiger partial charge in [-0.3, -0.25) is 4.99 Å². The Morgan fingerprint density at radius 1 is 1.05 bits per heavy atom. The Morgan fingerprint density at radius 2 is 1.90 bits per heavy atom. The van der Waals surface area contributed by atoms with Crippen LogP contribution in [0.2, 0.25) is 10.0 Å². The van der Waals surface area contributed by atoms with Crippen LogP contribution in [0.25, 0.3) is 10.9 Å². The van der Waals surface area contributed by atoms with Gasteiger partial charge in [0.05, 0.1) is 10.0 Å². The van der Waals surface area contributed by atoms with Crippen LogP contribution >= 0.6 is 23.2 Å². The van der Waals surface area contributed by atoms with E-state index in [9.17, 15) is 0 Å². The van der Waals surface area contributed by atoms with Crippen molar-refractivity contribution in [1.82, 2.24) is 4.98 Å². The number of hydrogen-bond donors (Lipinski definition) is 1. The second kappa shape index (κ2) is 6.33. The second-order valence-electron chi connectivity index (χ2n) is 4.79. The lowest BCUT2D eigenvalue weighted by molar-refractivity contribution is 0.981. The fourth-order valence-corrected chi connectivity index (χ4v) is 2.66. The predicted octanol–water partition coefficient (Wildman–Crippen LogP) is 5.14. The molecule has 2 aromatic carbocycles. The molecule has 0 unspecified atom stereocenters. The molecule has 0 aliphatic carbocycles. The Bertz CT molecular complexity index is 790. The van der Waals surface area contributed by atoms with Gasteiger partial charge in [0.25, 0.3) is 0 Å². The van der Waals surface area contributed by atoms with Crippen LogP contribution in [-0.2, 0) is 6.42 Å². The highest BCUT2D eigenvalue weighted by molar-refractivity contribution is 6.43. The van der Waals surface area contributed by atoms with Gasteiger partial charge in [0.2, 0.25) is 0 Å². The topological polar surface area (TPSA) is 28.1 Å². The van der Waals surface area contributed by atoms with Crippen molar-refractivity contribution < 1.29 is 0 Å². The summed E-state index contributed by atoms with van der Waals surface area (Å²) in [5.74, 6) is 0. The van der Waals surface area contributed by atoms with Gasteiger partial charge >= 0.3 is 0 Å². The average molecular weight is 317 g/mol. The molecule has 106 valence electrons. The van der Waals surface area contributed by atoms with E-state index >= 15 is 0 Å². The summed E-state index contributed by atoms with van der Waals surface area (Å²) >= 11 is 12.1. The quantitative estimate of drug-likeness (QED) is 0.646. The van der Waals surface area contributed by atoms with Crippen molar-refractivity contribution >= 4 is 40.3 Å². The van der Waals surface area contributed by atoms with Crippen molar-refractivity contribution in [3.8, 4) is 0 Å². The molecule has 0 spiro atoms. The normalized spacial score (nSPS) is 11.5. The number of aliphatic imine (C=N–C) groups is 1. The van der Waals surface area contributed by atoms with Crippen molar-refractivity contribution in [2.45, 2.75) is 6.42 Å². The highest BCUT2D eigenvalue weighted by atomic mass is 35.5. The monoisotopic (exact) mass is 316 g/mol. The van der Waals surface area contributed by atoms with Crippen molar-refractivity contribution in [2.75, 3.05) is 6.54 Å². The second-order valence-corrected chi connectivity index (χ2v) is 5.57. The first-order valence-corrected chi connectivity index (χ1v) is 7.50. The van der Waals surface area contributed by atoms with E-state index < -0.39 is 0 Å². The van der Waals surface area contributed by atoms with Crippen molar-refractivity contribution in [3.05, 3.63) is 69.8 Å². The highest BCUT2D eigenvalue weighted by Crippen LogP contribution is 2.24. The zero-order valence-corrected chi connectivity index (χ0v) is 12.8. The molecule has 3 aromatic rings. The number of para-hydroxylation sites is 1. The Kier molecular flexibility index (Phi) is 4.28. The fraction of sp³-hybridized carbons (Fsp3) is 0.118. The van der Waals surface area contributed by atoms with Gasteiger partial charge in [0.15, 0.2) is 0 Å². The lowest BCUT2D eigenvalue weighted by Crippen LogP contribution is -1.90. The molecule has 2 nitrogen and oxygen atoms in total. The Morgan fingerprint density at radius 3 is 2.81 bits per heavy atom. The third kappa shape index (κ3) is 3.12. The zero-order chi connectivity index (χ0) is 14.7. The van der Waals surface area contributed by atoms with Crippen molar-refractivity contribution in [1.29, 1.82) is 0 Å². The summed E-state index contributed by atoms with van der Waals surface area (Å²) in [6.45, 7) is 0.713. The molecule has 21 heavy (non-hydrogen) atoms. The number of aromatic nitrogens is 1. The first kappa shape index (κ1) is 14.2. The maximum atomic E-state index is 6.12. The Balaban J connectivity index is 1.68. The van der Waals surface area contributed by atoms with E-state index in [-0.39, 0.29) is 0 Å². The molecule has 0 fully saturated rings. The SMILES string of the molecule is Clc1cccc(C=NCCc2c[nH]c3ccccc23)c1Cl. The smallest absolute Gasteiger partial charge is 0.0679 e. The van der Waals surface area contributed by atoms with Crippen molar-refractivity contribution in [3.63, 3.8) is 0 Å². The summed E-state index contributed by atoms with van der Waals surface area (Å²) < 4.78 is 0. The lowest BCUT2D eigenvalue weighted by atomic mass is 10.1. The van der Waals surface area contributed by atoms with Gasteiger partial charge in [-0.15, -0.1) is 0 Å². The van der Waals surface area contributed by atoms with E-state index in [0.29, 0.717) is 16.6 Å². The van der Waals surface area contributed by atoms with E-state index in [4.69, 9.17) is 23.2 Å². The number of halogens is 2. The third-order valence-electron chi connectivity index (χ3n) is 3.40. The maximum Gasteiger partial charge on any atom is 0.0679 e. The summed E-state index contributed by atoms with van der Waals surface area (Å²) in [7, 11) is 0. The van der Waals surface area contributed by atoms with Gasteiger partial charge in [-0.2, -0.15) is 0 Å². The van der Waals surface area contributed by atoms with Crippen LogP contribution in [-0.4, -0.2) is 17.7 Å².